The molecule has 0 amide bonds. The standard InChI is InChI=1S/C14H20N4O/c1-14(2,9-19)18(4)12-10-7-5-6-8-11(10)16-13(15-3)17-12/h5-8,19H,9H2,1-4H3,(H,15,16,17). The molecule has 102 valence electrons. The van der Waals surface area contributed by atoms with Gasteiger partial charge in [0.15, 0.2) is 0 Å². The summed E-state index contributed by atoms with van der Waals surface area (Å²) in [6.45, 7) is 4.00. The smallest absolute Gasteiger partial charge is 0.224 e. The molecule has 5 nitrogen and oxygen atoms in total. The zero-order chi connectivity index (χ0) is 14.0. The first-order valence-electron chi connectivity index (χ1n) is 6.29. The molecule has 1 heterocycles. The second-order valence-corrected chi connectivity index (χ2v) is 5.17. The van der Waals surface area contributed by atoms with E-state index in [0.29, 0.717) is 5.95 Å². The van der Waals surface area contributed by atoms with Crippen LogP contribution in [0.2, 0.25) is 0 Å². The summed E-state index contributed by atoms with van der Waals surface area (Å²) >= 11 is 0. The fourth-order valence-electron chi connectivity index (χ4n) is 1.82. The van der Waals surface area contributed by atoms with Crippen LogP contribution in [0, 0.1) is 0 Å². The van der Waals surface area contributed by atoms with Crippen LogP contribution in [0.4, 0.5) is 11.8 Å². The minimum absolute atomic E-state index is 0.0523. The Kier molecular flexibility index (Phi) is 3.57. The van der Waals surface area contributed by atoms with Gasteiger partial charge in [0, 0.05) is 19.5 Å². The third-order valence-electron chi connectivity index (χ3n) is 3.42. The van der Waals surface area contributed by atoms with Gasteiger partial charge in [-0.3, -0.25) is 0 Å². The first kappa shape index (κ1) is 13.5. The molecule has 2 rings (SSSR count). The number of hydrogen-bond acceptors (Lipinski definition) is 5. The number of para-hydroxylation sites is 1. The number of rotatable bonds is 4. The fraction of sp³-hybridized carbons (Fsp3) is 0.429. The molecule has 0 unspecified atom stereocenters. The molecule has 2 aromatic rings. The average molecular weight is 260 g/mol. The zero-order valence-electron chi connectivity index (χ0n) is 11.8. The van der Waals surface area contributed by atoms with Crippen molar-refractivity contribution in [2.75, 3.05) is 30.9 Å². The van der Waals surface area contributed by atoms with Crippen molar-refractivity contribution >= 4 is 22.7 Å². The third-order valence-corrected chi connectivity index (χ3v) is 3.42. The molecule has 2 N–H and O–H groups in total. The van der Waals surface area contributed by atoms with Gasteiger partial charge in [0.05, 0.1) is 17.7 Å². The maximum absolute atomic E-state index is 9.52. The fourth-order valence-corrected chi connectivity index (χ4v) is 1.82. The van der Waals surface area contributed by atoms with Crippen LogP contribution in [0.25, 0.3) is 10.9 Å². The maximum Gasteiger partial charge on any atom is 0.224 e. The minimum atomic E-state index is -0.387. The summed E-state index contributed by atoms with van der Waals surface area (Å²) in [4.78, 5) is 10.9. The van der Waals surface area contributed by atoms with Crippen molar-refractivity contribution in [2.24, 2.45) is 0 Å². The van der Waals surface area contributed by atoms with E-state index in [1.165, 1.54) is 0 Å². The second-order valence-electron chi connectivity index (χ2n) is 5.17. The molecule has 0 radical (unpaired) electrons. The molecule has 0 saturated heterocycles. The van der Waals surface area contributed by atoms with Gasteiger partial charge in [-0.2, -0.15) is 4.98 Å². The van der Waals surface area contributed by atoms with Crippen LogP contribution in [0.1, 0.15) is 13.8 Å². The van der Waals surface area contributed by atoms with Crippen LogP contribution in [-0.4, -0.2) is 41.3 Å². The molecule has 19 heavy (non-hydrogen) atoms. The lowest BCUT2D eigenvalue weighted by Crippen LogP contribution is -2.45. The first-order chi connectivity index (χ1) is 8.99. The highest BCUT2D eigenvalue weighted by atomic mass is 16.3. The van der Waals surface area contributed by atoms with Crippen molar-refractivity contribution in [3.8, 4) is 0 Å². The van der Waals surface area contributed by atoms with Gasteiger partial charge in [-0.15, -0.1) is 0 Å². The normalized spacial score (nSPS) is 11.6. The van der Waals surface area contributed by atoms with Gasteiger partial charge in [-0.05, 0) is 26.0 Å². The van der Waals surface area contributed by atoms with Crippen LogP contribution in [-0.2, 0) is 0 Å². The Balaban J connectivity index is 2.64. The van der Waals surface area contributed by atoms with E-state index in [9.17, 15) is 5.11 Å². The minimum Gasteiger partial charge on any atom is -0.394 e. The number of nitrogens with one attached hydrogen (secondary N) is 1. The molecule has 0 aliphatic rings. The predicted octanol–water partition coefficient (Wildman–Crippen LogP) is 1.88. The molecular weight excluding hydrogens is 240 g/mol. The van der Waals surface area contributed by atoms with Crippen molar-refractivity contribution in [3.05, 3.63) is 24.3 Å². The maximum atomic E-state index is 9.52. The quantitative estimate of drug-likeness (QED) is 0.879. The number of hydrogen-bond donors (Lipinski definition) is 2. The highest BCUT2D eigenvalue weighted by Crippen LogP contribution is 2.28. The Morgan fingerprint density at radius 3 is 2.58 bits per heavy atom. The molecule has 0 atom stereocenters. The number of benzene rings is 1. The Morgan fingerprint density at radius 2 is 1.95 bits per heavy atom. The molecular formula is C14H20N4O. The second kappa shape index (κ2) is 5.01. The number of anilines is 2. The molecule has 0 aliphatic carbocycles. The number of aliphatic hydroxyl groups excluding tert-OH is 1. The van der Waals surface area contributed by atoms with E-state index in [4.69, 9.17) is 0 Å². The number of nitrogens with zero attached hydrogens (tertiary/aromatic N) is 3. The summed E-state index contributed by atoms with van der Waals surface area (Å²) in [5, 5.41) is 13.5. The molecule has 0 spiro atoms. The highest BCUT2D eigenvalue weighted by molar-refractivity contribution is 5.90. The van der Waals surface area contributed by atoms with Gasteiger partial charge >= 0.3 is 0 Å². The summed E-state index contributed by atoms with van der Waals surface area (Å²) < 4.78 is 0. The van der Waals surface area contributed by atoms with Crippen LogP contribution < -0.4 is 10.2 Å². The number of aliphatic hydroxyl groups is 1. The molecule has 0 saturated carbocycles. The van der Waals surface area contributed by atoms with Gasteiger partial charge in [-0.1, -0.05) is 12.1 Å². The largest absolute Gasteiger partial charge is 0.394 e. The van der Waals surface area contributed by atoms with E-state index in [1.54, 1.807) is 7.05 Å². The summed E-state index contributed by atoms with van der Waals surface area (Å²) in [6, 6.07) is 7.87. The highest BCUT2D eigenvalue weighted by Gasteiger charge is 2.25. The lowest BCUT2D eigenvalue weighted by Gasteiger charge is -2.35. The van der Waals surface area contributed by atoms with E-state index < -0.39 is 0 Å². The lowest BCUT2D eigenvalue weighted by atomic mass is 10.0. The molecule has 1 aromatic carbocycles. The van der Waals surface area contributed by atoms with E-state index >= 15 is 0 Å². The van der Waals surface area contributed by atoms with Gasteiger partial charge in [0.25, 0.3) is 0 Å². The Bertz CT molecular complexity index is 583. The van der Waals surface area contributed by atoms with Crippen LogP contribution in [0.15, 0.2) is 24.3 Å². The molecule has 0 bridgehead atoms. The van der Waals surface area contributed by atoms with Gasteiger partial charge < -0.3 is 15.3 Å². The summed E-state index contributed by atoms with van der Waals surface area (Å²) in [7, 11) is 3.73. The lowest BCUT2D eigenvalue weighted by molar-refractivity contribution is 0.216. The topological polar surface area (TPSA) is 61.3 Å². The van der Waals surface area contributed by atoms with E-state index in [0.717, 1.165) is 16.7 Å². The van der Waals surface area contributed by atoms with Crippen molar-refractivity contribution in [3.63, 3.8) is 0 Å². The predicted molar refractivity (Wildman–Crippen MR) is 78.7 cm³/mol. The van der Waals surface area contributed by atoms with Crippen molar-refractivity contribution in [2.45, 2.75) is 19.4 Å². The molecule has 1 aromatic heterocycles. The molecule has 5 heteroatoms. The van der Waals surface area contributed by atoms with Crippen molar-refractivity contribution in [1.82, 2.24) is 9.97 Å². The van der Waals surface area contributed by atoms with Crippen LogP contribution in [0.3, 0.4) is 0 Å². The molecule has 0 aliphatic heterocycles. The number of aromatic nitrogens is 2. The average Bonchev–Trinajstić information content (AvgIpc) is 2.45. The number of likely N-dealkylation sites (N-methyl/N-ethyl adjacent to an activating group) is 1. The molecule has 0 fully saturated rings. The van der Waals surface area contributed by atoms with Gasteiger partial charge in [-0.25, -0.2) is 4.98 Å². The summed E-state index contributed by atoms with van der Waals surface area (Å²) in [5.41, 5.74) is 0.500. The Labute approximate surface area is 113 Å². The van der Waals surface area contributed by atoms with Crippen LogP contribution >= 0.6 is 0 Å². The van der Waals surface area contributed by atoms with Gasteiger partial charge in [0.2, 0.25) is 5.95 Å². The van der Waals surface area contributed by atoms with Crippen molar-refractivity contribution < 1.29 is 5.11 Å². The summed E-state index contributed by atoms with van der Waals surface area (Å²) in [6.07, 6.45) is 0. The Morgan fingerprint density at radius 1 is 1.26 bits per heavy atom. The van der Waals surface area contributed by atoms with E-state index in [2.05, 4.69) is 15.3 Å². The van der Waals surface area contributed by atoms with Crippen LogP contribution in [0.5, 0.6) is 0 Å². The summed E-state index contributed by atoms with van der Waals surface area (Å²) in [5.74, 6) is 1.39. The van der Waals surface area contributed by atoms with Gasteiger partial charge in [0.1, 0.15) is 5.82 Å². The third kappa shape index (κ3) is 2.46. The van der Waals surface area contributed by atoms with E-state index in [-0.39, 0.29) is 12.1 Å². The zero-order valence-corrected chi connectivity index (χ0v) is 11.8. The number of fused-ring (bicyclic) bond motifs is 1. The SMILES string of the molecule is CNc1nc(N(C)C(C)(C)CO)c2ccccc2n1. The first-order valence-corrected chi connectivity index (χ1v) is 6.29. The van der Waals surface area contributed by atoms with E-state index in [1.807, 2.05) is 50.1 Å². The van der Waals surface area contributed by atoms with Crippen molar-refractivity contribution in [1.29, 1.82) is 0 Å². The monoisotopic (exact) mass is 260 g/mol. The Hall–Kier alpha value is -1.88.